The first-order chi connectivity index (χ1) is 17.8. The van der Waals surface area contributed by atoms with Crippen molar-refractivity contribution in [3.05, 3.63) is 51.1 Å². The van der Waals surface area contributed by atoms with Gasteiger partial charge in [0.25, 0.3) is 0 Å². The lowest BCUT2D eigenvalue weighted by Crippen LogP contribution is -2.02. The Labute approximate surface area is 220 Å². The SMILES string of the molecule is Cc1cc2c(C(C)C)c(O)c(O)c(C=O)c2c(C)c1-c1c(C)cc2c(C(C)C)c(O)c(O)c(C=O)c2c1O. The number of aromatic hydroxyl groups is 5. The van der Waals surface area contributed by atoms with E-state index in [4.69, 9.17) is 0 Å². The van der Waals surface area contributed by atoms with Crippen LogP contribution in [0.2, 0.25) is 0 Å². The van der Waals surface area contributed by atoms with Gasteiger partial charge in [0.1, 0.15) is 5.75 Å². The third-order valence-electron chi connectivity index (χ3n) is 7.50. The fourth-order valence-corrected chi connectivity index (χ4v) is 5.93. The molecule has 0 heterocycles. The van der Waals surface area contributed by atoms with Crippen molar-refractivity contribution in [2.24, 2.45) is 0 Å². The van der Waals surface area contributed by atoms with Crippen molar-refractivity contribution in [2.45, 2.75) is 60.3 Å². The van der Waals surface area contributed by atoms with Gasteiger partial charge in [-0.3, -0.25) is 9.59 Å². The molecule has 0 saturated carbocycles. The fourth-order valence-electron chi connectivity index (χ4n) is 5.93. The Morgan fingerprint density at radius 3 is 1.39 bits per heavy atom. The molecular weight excluding hydrogens is 484 g/mol. The Balaban J connectivity index is 2.27. The van der Waals surface area contributed by atoms with Gasteiger partial charge in [-0.05, 0) is 65.6 Å². The van der Waals surface area contributed by atoms with Crippen LogP contribution in [0.1, 0.15) is 88.1 Å². The van der Waals surface area contributed by atoms with Crippen LogP contribution in [0, 0.1) is 20.8 Å². The number of phenolic OH excluding ortho intramolecular Hbond substituents is 5. The van der Waals surface area contributed by atoms with Gasteiger partial charge in [-0.25, -0.2) is 0 Å². The maximum Gasteiger partial charge on any atom is 0.169 e. The van der Waals surface area contributed by atoms with Crippen LogP contribution in [0.3, 0.4) is 0 Å². The molecule has 0 atom stereocenters. The number of carbonyl (C=O) groups excluding carboxylic acids is 2. The first-order valence-corrected chi connectivity index (χ1v) is 12.5. The Morgan fingerprint density at radius 2 is 0.974 bits per heavy atom. The van der Waals surface area contributed by atoms with E-state index < -0.39 is 17.2 Å². The molecule has 4 aromatic rings. The Morgan fingerprint density at radius 1 is 0.579 bits per heavy atom. The molecule has 0 radical (unpaired) electrons. The number of hydrogen-bond acceptors (Lipinski definition) is 7. The van der Waals surface area contributed by atoms with Crippen molar-refractivity contribution >= 4 is 34.1 Å². The summed E-state index contributed by atoms with van der Waals surface area (Å²) in [4.78, 5) is 24.2. The summed E-state index contributed by atoms with van der Waals surface area (Å²) < 4.78 is 0. The molecule has 0 aliphatic carbocycles. The van der Waals surface area contributed by atoms with E-state index >= 15 is 0 Å². The molecule has 0 aromatic heterocycles. The van der Waals surface area contributed by atoms with E-state index in [-0.39, 0.29) is 39.8 Å². The summed E-state index contributed by atoms with van der Waals surface area (Å²) in [6.45, 7) is 12.8. The second-order valence-corrected chi connectivity index (χ2v) is 10.5. The number of carbonyl (C=O) groups is 2. The molecule has 0 spiro atoms. The fraction of sp³-hybridized carbons (Fsp3) is 0.290. The molecule has 5 N–H and O–H groups in total. The summed E-state index contributed by atoms with van der Waals surface area (Å²) in [5.41, 5.74) is 3.58. The normalized spacial score (nSPS) is 11.7. The molecule has 0 aliphatic rings. The molecule has 7 heteroatoms. The zero-order valence-corrected chi connectivity index (χ0v) is 22.5. The van der Waals surface area contributed by atoms with Gasteiger partial charge in [-0.2, -0.15) is 0 Å². The van der Waals surface area contributed by atoms with Crippen LogP contribution in [0.15, 0.2) is 12.1 Å². The molecule has 0 fully saturated rings. The third kappa shape index (κ3) is 3.56. The van der Waals surface area contributed by atoms with Gasteiger partial charge in [0.05, 0.1) is 11.1 Å². The zero-order chi connectivity index (χ0) is 28.4. The number of aldehydes is 2. The standard InChI is InChI=1S/C31H32O7/c1-12(2)21-17-8-14(5)23(16(7)25(17)19(10-32)27(34)30(21)37)24-15(6)9-18-22(13(3)4)31(38)28(35)20(11-33)26(18)29(24)36/h8-13,34-38H,1-7H3. The van der Waals surface area contributed by atoms with Gasteiger partial charge in [0.15, 0.2) is 35.6 Å². The molecule has 0 bridgehead atoms. The van der Waals surface area contributed by atoms with Crippen LogP contribution in [-0.4, -0.2) is 38.1 Å². The van der Waals surface area contributed by atoms with Crippen molar-refractivity contribution in [2.75, 3.05) is 0 Å². The Bertz CT molecular complexity index is 1550. The highest BCUT2D eigenvalue weighted by atomic mass is 16.3. The Kier molecular flexibility index (Phi) is 6.52. The highest BCUT2D eigenvalue weighted by Gasteiger charge is 2.28. The monoisotopic (exact) mass is 516 g/mol. The van der Waals surface area contributed by atoms with Crippen molar-refractivity contribution in [3.8, 4) is 39.9 Å². The molecule has 4 rings (SSSR count). The molecular formula is C31H32O7. The Hall–Kier alpha value is -4.26. The van der Waals surface area contributed by atoms with E-state index in [1.54, 1.807) is 19.9 Å². The lowest BCUT2D eigenvalue weighted by molar-refractivity contribution is 0.111. The average molecular weight is 517 g/mol. The van der Waals surface area contributed by atoms with E-state index in [1.807, 2.05) is 40.7 Å². The van der Waals surface area contributed by atoms with Crippen molar-refractivity contribution in [1.29, 1.82) is 0 Å². The average Bonchev–Trinajstić information content (AvgIpc) is 2.83. The summed E-state index contributed by atoms with van der Waals surface area (Å²) in [5, 5.41) is 56.1. The number of benzene rings is 4. The molecule has 198 valence electrons. The van der Waals surface area contributed by atoms with E-state index in [0.717, 1.165) is 5.56 Å². The van der Waals surface area contributed by atoms with Crippen LogP contribution in [0.4, 0.5) is 0 Å². The van der Waals surface area contributed by atoms with Gasteiger partial charge >= 0.3 is 0 Å². The minimum atomic E-state index is -0.599. The molecule has 0 saturated heterocycles. The second kappa shape index (κ2) is 9.24. The number of rotatable bonds is 5. The largest absolute Gasteiger partial charge is 0.507 e. The summed E-state index contributed by atoms with van der Waals surface area (Å²) in [7, 11) is 0. The van der Waals surface area contributed by atoms with Gasteiger partial charge in [0.2, 0.25) is 0 Å². The van der Waals surface area contributed by atoms with E-state index in [9.17, 15) is 35.1 Å². The first kappa shape index (κ1) is 26.8. The highest BCUT2D eigenvalue weighted by Crippen LogP contribution is 2.52. The number of hydrogen-bond donors (Lipinski definition) is 5. The summed E-state index contributed by atoms with van der Waals surface area (Å²) >= 11 is 0. The maximum absolute atomic E-state index is 12.1. The van der Waals surface area contributed by atoms with Crippen LogP contribution in [0.5, 0.6) is 28.7 Å². The minimum Gasteiger partial charge on any atom is -0.507 e. The quantitative estimate of drug-likeness (QED) is 0.143. The van der Waals surface area contributed by atoms with Crippen molar-refractivity contribution < 1.29 is 35.1 Å². The molecule has 0 aliphatic heterocycles. The topological polar surface area (TPSA) is 135 Å². The molecule has 4 aromatic carbocycles. The van der Waals surface area contributed by atoms with E-state index in [0.29, 0.717) is 62.1 Å². The summed E-state index contributed by atoms with van der Waals surface area (Å²) in [6, 6.07) is 3.58. The molecule has 0 unspecified atom stereocenters. The van der Waals surface area contributed by atoms with E-state index in [1.165, 1.54) is 0 Å². The maximum atomic E-state index is 12.1. The number of aryl methyl sites for hydroxylation is 3. The van der Waals surface area contributed by atoms with Crippen LogP contribution in [0.25, 0.3) is 32.7 Å². The zero-order valence-electron chi connectivity index (χ0n) is 22.5. The predicted molar refractivity (Wildman–Crippen MR) is 148 cm³/mol. The van der Waals surface area contributed by atoms with Gasteiger partial charge in [0, 0.05) is 27.5 Å². The van der Waals surface area contributed by atoms with Gasteiger partial charge in [-0.1, -0.05) is 39.8 Å². The van der Waals surface area contributed by atoms with Gasteiger partial charge < -0.3 is 25.5 Å². The van der Waals surface area contributed by atoms with Crippen molar-refractivity contribution in [1.82, 2.24) is 0 Å². The second-order valence-electron chi connectivity index (χ2n) is 10.5. The predicted octanol–water partition coefficient (Wildman–Crippen LogP) is 6.99. The lowest BCUT2D eigenvalue weighted by Gasteiger charge is -2.24. The highest BCUT2D eigenvalue weighted by molar-refractivity contribution is 6.13. The number of fused-ring (bicyclic) bond motifs is 2. The smallest absolute Gasteiger partial charge is 0.169 e. The van der Waals surface area contributed by atoms with E-state index in [2.05, 4.69) is 0 Å². The molecule has 0 amide bonds. The molecule has 7 nitrogen and oxygen atoms in total. The first-order valence-electron chi connectivity index (χ1n) is 12.5. The van der Waals surface area contributed by atoms with Gasteiger partial charge in [-0.15, -0.1) is 0 Å². The summed E-state index contributed by atoms with van der Waals surface area (Å²) in [5.74, 6) is -2.46. The van der Waals surface area contributed by atoms with Crippen LogP contribution in [-0.2, 0) is 0 Å². The van der Waals surface area contributed by atoms with Crippen LogP contribution < -0.4 is 0 Å². The molecule has 38 heavy (non-hydrogen) atoms. The summed E-state index contributed by atoms with van der Waals surface area (Å²) in [6.07, 6.45) is 0.904. The lowest BCUT2D eigenvalue weighted by atomic mass is 9.81. The number of phenols is 5. The third-order valence-corrected chi connectivity index (χ3v) is 7.50. The van der Waals surface area contributed by atoms with Crippen LogP contribution >= 0.6 is 0 Å². The minimum absolute atomic E-state index is 0.0585. The van der Waals surface area contributed by atoms with Crippen molar-refractivity contribution in [3.63, 3.8) is 0 Å².